The van der Waals surface area contributed by atoms with E-state index in [1.165, 1.54) is 11.9 Å². The molecule has 0 aliphatic carbocycles. The van der Waals surface area contributed by atoms with Crippen molar-refractivity contribution in [1.82, 2.24) is 19.8 Å². The smallest absolute Gasteiger partial charge is 0.298 e. The number of benzene rings is 1. The number of sulfone groups is 1. The maximum Gasteiger partial charge on any atom is 0.298 e. The fraction of sp³-hybridized carbons (Fsp3) is 0.552. The molecule has 1 aromatic carbocycles. The molecule has 6 rings (SSSR count). The number of amides is 1. The lowest BCUT2D eigenvalue weighted by atomic mass is 9.87. The van der Waals surface area contributed by atoms with Crippen LogP contribution in [-0.4, -0.2) is 90.9 Å². The van der Waals surface area contributed by atoms with Crippen LogP contribution in [0.4, 0.5) is 17.3 Å². The van der Waals surface area contributed by atoms with Crippen LogP contribution in [0.15, 0.2) is 18.5 Å². The van der Waals surface area contributed by atoms with Gasteiger partial charge in [0.05, 0.1) is 22.8 Å². The molecule has 3 fully saturated rings. The molecule has 1 unspecified atom stereocenters. The topological polar surface area (TPSA) is 108 Å². The van der Waals surface area contributed by atoms with Gasteiger partial charge in [0.2, 0.25) is 0 Å². The van der Waals surface area contributed by atoms with Crippen LogP contribution in [0.3, 0.4) is 0 Å². The zero-order valence-corrected chi connectivity index (χ0v) is 24.0. The first kappa shape index (κ1) is 26.8. The summed E-state index contributed by atoms with van der Waals surface area (Å²) >= 11 is 0. The number of nitrogens with zero attached hydrogens (tertiary/aromatic N) is 5. The fourth-order valence-electron chi connectivity index (χ4n) is 6.44. The summed E-state index contributed by atoms with van der Waals surface area (Å²) in [6, 6.07) is 4.86. The van der Waals surface area contributed by atoms with Crippen molar-refractivity contribution in [2.24, 2.45) is 0 Å². The van der Waals surface area contributed by atoms with E-state index >= 15 is 0 Å². The van der Waals surface area contributed by atoms with E-state index in [-0.39, 0.29) is 17.4 Å². The highest BCUT2D eigenvalue weighted by molar-refractivity contribution is 7.91. The van der Waals surface area contributed by atoms with Crippen LogP contribution < -0.4 is 15.0 Å². The highest BCUT2D eigenvalue weighted by Gasteiger charge is 2.33. The third kappa shape index (κ3) is 5.34. The number of aromatic nitrogens is 2. The van der Waals surface area contributed by atoms with Gasteiger partial charge in [-0.3, -0.25) is 9.69 Å². The van der Waals surface area contributed by atoms with Gasteiger partial charge in [0.1, 0.15) is 30.3 Å². The molecule has 0 saturated carbocycles. The minimum absolute atomic E-state index is 0.0575. The Morgan fingerprint density at radius 1 is 1.07 bits per heavy atom. The van der Waals surface area contributed by atoms with E-state index in [1.807, 2.05) is 9.80 Å². The zero-order valence-electron chi connectivity index (χ0n) is 23.1. The Morgan fingerprint density at radius 3 is 2.60 bits per heavy atom. The molecule has 0 spiro atoms. The van der Waals surface area contributed by atoms with Crippen LogP contribution in [0.1, 0.15) is 48.8 Å². The molecule has 2 aromatic rings. The van der Waals surface area contributed by atoms with Gasteiger partial charge in [-0.05, 0) is 75.2 Å². The predicted octanol–water partition coefficient (Wildman–Crippen LogP) is 2.46. The molecule has 0 bridgehead atoms. The number of hydrogen-bond acceptors (Lipinski definition) is 9. The lowest BCUT2D eigenvalue weighted by Gasteiger charge is -2.36. The monoisotopic (exact) mass is 564 g/mol. The Labute approximate surface area is 236 Å². The molecule has 5 heterocycles. The van der Waals surface area contributed by atoms with Gasteiger partial charge in [-0.1, -0.05) is 12.0 Å². The summed E-state index contributed by atoms with van der Waals surface area (Å²) in [6.45, 7) is 8.54. The summed E-state index contributed by atoms with van der Waals surface area (Å²) < 4.78 is 30.2. The van der Waals surface area contributed by atoms with Gasteiger partial charge in [-0.2, -0.15) is 0 Å². The highest BCUT2D eigenvalue weighted by Crippen LogP contribution is 2.41. The quantitative estimate of drug-likeness (QED) is 0.563. The molecule has 3 saturated heterocycles. The molecule has 1 amide bonds. The van der Waals surface area contributed by atoms with Crippen molar-refractivity contribution in [1.29, 1.82) is 0 Å². The second-order valence-corrected chi connectivity index (χ2v) is 13.5. The Kier molecular flexibility index (Phi) is 7.31. The number of nitrogens with one attached hydrogen (secondary N) is 1. The summed E-state index contributed by atoms with van der Waals surface area (Å²) in [4.78, 5) is 27.7. The zero-order chi connectivity index (χ0) is 27.9. The number of fused-ring (bicyclic) bond motifs is 2. The van der Waals surface area contributed by atoms with Crippen molar-refractivity contribution in [3.8, 4) is 17.6 Å². The maximum absolute atomic E-state index is 12.2. The highest BCUT2D eigenvalue weighted by atomic mass is 32.2. The first-order valence-electron chi connectivity index (χ1n) is 14.1. The Bertz CT molecular complexity index is 1460. The minimum atomic E-state index is -2.99. The van der Waals surface area contributed by atoms with Gasteiger partial charge in [0.15, 0.2) is 9.84 Å². The number of carbonyl (C=O) groups excluding carboxylic acids is 1. The summed E-state index contributed by atoms with van der Waals surface area (Å²) in [7, 11) is -2.99. The molecule has 1 aromatic heterocycles. The number of piperidine rings is 1. The molecular formula is C29H36N6O4S. The SMILES string of the molecule is CC#CC(=O)N1CCC(N2CCC(c3cc(C)c4c(c3)Nc3ncnc(N5CCS(=O)(=O)CC5)c3CO4)CC2)C1. The second kappa shape index (κ2) is 10.9. The summed E-state index contributed by atoms with van der Waals surface area (Å²) in [5.74, 6) is 8.31. The van der Waals surface area contributed by atoms with Gasteiger partial charge >= 0.3 is 0 Å². The van der Waals surface area contributed by atoms with Crippen molar-refractivity contribution < 1.29 is 17.9 Å². The van der Waals surface area contributed by atoms with Crippen LogP contribution >= 0.6 is 0 Å². The number of aryl methyl sites for hydroxylation is 1. The molecule has 0 radical (unpaired) electrons. The van der Waals surface area contributed by atoms with E-state index in [9.17, 15) is 13.2 Å². The molecule has 4 aliphatic rings. The molecular weight excluding hydrogens is 528 g/mol. The van der Waals surface area contributed by atoms with Crippen LogP contribution in [0.5, 0.6) is 5.75 Å². The van der Waals surface area contributed by atoms with E-state index in [4.69, 9.17) is 4.74 Å². The van der Waals surface area contributed by atoms with Gasteiger partial charge in [-0.25, -0.2) is 18.4 Å². The molecule has 212 valence electrons. The largest absolute Gasteiger partial charge is 0.486 e. The lowest BCUT2D eigenvalue weighted by molar-refractivity contribution is -0.124. The normalized spacial score (nSPS) is 22.7. The second-order valence-electron chi connectivity index (χ2n) is 11.2. The standard InChI is InChI=1S/C29H36N6O4S/c1-3-4-26(36)35-10-7-23(17-35)33-8-5-21(6-9-33)22-15-20(2)27-25(16-22)32-28-24(18-39-27)29(31-19-30-28)34-11-13-40(37,38)14-12-34/h15-16,19,21,23H,5-14,17-18H2,1-2H3,(H,30,31,32). The molecule has 1 atom stereocenters. The minimum Gasteiger partial charge on any atom is -0.486 e. The van der Waals surface area contributed by atoms with Crippen LogP contribution in [0, 0.1) is 18.8 Å². The number of likely N-dealkylation sites (tertiary alicyclic amines) is 2. The van der Waals surface area contributed by atoms with Crippen LogP contribution in [-0.2, 0) is 21.2 Å². The molecule has 11 heteroatoms. The summed E-state index contributed by atoms with van der Waals surface area (Å²) in [5.41, 5.74) is 4.13. The third-order valence-electron chi connectivity index (χ3n) is 8.68. The van der Waals surface area contributed by atoms with Crippen LogP contribution in [0.2, 0.25) is 0 Å². The van der Waals surface area contributed by atoms with Crippen molar-refractivity contribution in [2.45, 2.75) is 51.7 Å². The van der Waals surface area contributed by atoms with Crippen molar-refractivity contribution >= 4 is 33.1 Å². The Balaban J connectivity index is 1.15. The Morgan fingerprint density at radius 2 is 1.85 bits per heavy atom. The van der Waals surface area contributed by atoms with Gasteiger partial charge < -0.3 is 19.9 Å². The third-order valence-corrected chi connectivity index (χ3v) is 10.3. The van der Waals surface area contributed by atoms with E-state index in [0.717, 1.165) is 73.8 Å². The summed E-state index contributed by atoms with van der Waals surface area (Å²) in [6.07, 6.45) is 4.68. The predicted molar refractivity (Wildman–Crippen MR) is 154 cm³/mol. The first-order chi connectivity index (χ1) is 19.3. The average Bonchev–Trinajstić information content (AvgIpc) is 3.36. The van der Waals surface area contributed by atoms with Gasteiger partial charge in [0, 0.05) is 32.2 Å². The van der Waals surface area contributed by atoms with Crippen molar-refractivity contribution in [3.63, 3.8) is 0 Å². The van der Waals surface area contributed by atoms with Gasteiger partial charge in [0.25, 0.3) is 5.91 Å². The van der Waals surface area contributed by atoms with E-state index in [0.29, 0.717) is 37.5 Å². The number of ether oxygens (including phenoxy) is 1. The molecule has 10 nitrogen and oxygen atoms in total. The number of carbonyl (C=O) groups is 1. The summed E-state index contributed by atoms with van der Waals surface area (Å²) in [5, 5.41) is 3.52. The number of hydrogen-bond donors (Lipinski definition) is 1. The van der Waals surface area contributed by atoms with E-state index < -0.39 is 9.84 Å². The maximum atomic E-state index is 12.2. The van der Waals surface area contributed by atoms with E-state index in [1.54, 1.807) is 6.92 Å². The van der Waals surface area contributed by atoms with Crippen LogP contribution in [0.25, 0.3) is 0 Å². The first-order valence-corrected chi connectivity index (χ1v) is 15.9. The molecule has 1 N–H and O–H groups in total. The van der Waals surface area contributed by atoms with Gasteiger partial charge in [-0.15, -0.1) is 0 Å². The number of rotatable bonds is 3. The lowest BCUT2D eigenvalue weighted by Crippen LogP contribution is -2.43. The van der Waals surface area contributed by atoms with Crippen molar-refractivity contribution in [3.05, 3.63) is 35.2 Å². The van der Waals surface area contributed by atoms with E-state index in [2.05, 4.69) is 51.1 Å². The average molecular weight is 565 g/mol. The van der Waals surface area contributed by atoms with Crippen molar-refractivity contribution in [2.75, 3.05) is 61.0 Å². The Hall–Kier alpha value is -3.36. The molecule has 40 heavy (non-hydrogen) atoms. The molecule has 4 aliphatic heterocycles. The number of anilines is 3. The fourth-order valence-corrected chi connectivity index (χ4v) is 7.64.